The number of alkyl halides is 2. The van der Waals surface area contributed by atoms with Gasteiger partial charge in [0, 0.05) is 25.2 Å². The third-order valence-electron chi connectivity index (χ3n) is 8.23. The van der Waals surface area contributed by atoms with Crippen molar-refractivity contribution in [3.8, 4) is 11.7 Å². The molecule has 3 heterocycles. The minimum absolute atomic E-state index is 0.0487. The third-order valence-corrected chi connectivity index (χ3v) is 8.23. The number of imidazole rings is 1. The van der Waals surface area contributed by atoms with E-state index in [9.17, 15) is 13.6 Å². The van der Waals surface area contributed by atoms with Crippen LogP contribution in [0.2, 0.25) is 0 Å². The molecular weight excluding hydrogens is 520 g/mol. The van der Waals surface area contributed by atoms with Crippen molar-refractivity contribution in [2.45, 2.75) is 75.5 Å². The number of halogens is 2. The van der Waals surface area contributed by atoms with Crippen molar-refractivity contribution in [1.29, 1.82) is 0 Å². The number of benzene rings is 1. The van der Waals surface area contributed by atoms with Crippen LogP contribution in [0.4, 0.5) is 14.7 Å². The van der Waals surface area contributed by atoms with E-state index in [4.69, 9.17) is 15.2 Å². The average molecular weight is 556 g/mol. The zero-order chi connectivity index (χ0) is 27.7. The smallest absolute Gasteiger partial charge is 0.296 e. The lowest BCUT2D eigenvalue weighted by molar-refractivity contribution is -0.127. The Bertz CT molecular complexity index is 1350. The molecule has 1 amide bonds. The SMILES string of the molecule is NC1(C(=O)N[C@H]2CC[C@H](Oc3cc(-n4c(C(F)F)nc5ccccc54)nc(N4CCOCC4)n3)CC2)CCCC1. The van der Waals surface area contributed by atoms with E-state index in [0.717, 1.165) is 51.4 Å². The van der Waals surface area contributed by atoms with Gasteiger partial charge in [0.2, 0.25) is 17.7 Å². The number of para-hydroxylation sites is 2. The molecule has 3 fully saturated rings. The molecule has 0 radical (unpaired) electrons. The number of aromatic nitrogens is 4. The van der Waals surface area contributed by atoms with Gasteiger partial charge in [0.1, 0.15) is 11.9 Å². The van der Waals surface area contributed by atoms with Crippen molar-refractivity contribution in [3.63, 3.8) is 0 Å². The van der Waals surface area contributed by atoms with E-state index in [-0.39, 0.29) is 29.7 Å². The lowest BCUT2D eigenvalue weighted by Gasteiger charge is -2.32. The molecule has 0 bridgehead atoms. The Kier molecular flexibility index (Phi) is 7.54. The summed E-state index contributed by atoms with van der Waals surface area (Å²) in [6.07, 6.45) is 3.52. The maximum Gasteiger partial charge on any atom is 0.296 e. The van der Waals surface area contributed by atoms with Crippen molar-refractivity contribution in [3.05, 3.63) is 36.2 Å². The van der Waals surface area contributed by atoms with Crippen molar-refractivity contribution in [2.75, 3.05) is 31.2 Å². The number of rotatable bonds is 7. The van der Waals surface area contributed by atoms with E-state index in [1.54, 1.807) is 30.3 Å². The number of ether oxygens (including phenoxy) is 2. The van der Waals surface area contributed by atoms with Gasteiger partial charge in [0.05, 0.1) is 29.8 Å². The van der Waals surface area contributed by atoms with Crippen LogP contribution in [0.1, 0.15) is 63.6 Å². The fourth-order valence-electron chi connectivity index (χ4n) is 5.97. The molecule has 2 aliphatic carbocycles. The predicted molar refractivity (Wildman–Crippen MR) is 145 cm³/mol. The Morgan fingerprint density at radius 1 is 1.07 bits per heavy atom. The Morgan fingerprint density at radius 2 is 1.80 bits per heavy atom. The summed E-state index contributed by atoms with van der Waals surface area (Å²) in [6, 6.07) is 8.67. The fourth-order valence-corrected chi connectivity index (χ4v) is 5.97. The molecule has 1 aliphatic heterocycles. The molecule has 3 N–H and O–H groups in total. The van der Waals surface area contributed by atoms with Gasteiger partial charge >= 0.3 is 0 Å². The first-order valence-corrected chi connectivity index (χ1v) is 14.1. The largest absolute Gasteiger partial charge is 0.474 e. The lowest BCUT2D eigenvalue weighted by Crippen LogP contribution is -2.55. The first-order valence-electron chi connectivity index (χ1n) is 14.1. The first kappa shape index (κ1) is 26.8. The topological polar surface area (TPSA) is 120 Å². The van der Waals surface area contributed by atoms with Crippen LogP contribution in [0.5, 0.6) is 5.88 Å². The van der Waals surface area contributed by atoms with E-state index < -0.39 is 12.0 Å². The number of hydrogen-bond donors (Lipinski definition) is 2. The molecule has 2 aromatic heterocycles. The van der Waals surface area contributed by atoms with Gasteiger partial charge in [-0.2, -0.15) is 9.97 Å². The molecule has 214 valence electrons. The van der Waals surface area contributed by atoms with Gasteiger partial charge < -0.3 is 25.4 Å². The van der Waals surface area contributed by atoms with E-state index in [0.29, 0.717) is 49.2 Å². The molecule has 6 rings (SSSR count). The van der Waals surface area contributed by atoms with Crippen LogP contribution < -0.4 is 20.7 Å². The van der Waals surface area contributed by atoms with Crippen molar-refractivity contribution in [2.24, 2.45) is 5.73 Å². The zero-order valence-corrected chi connectivity index (χ0v) is 22.4. The summed E-state index contributed by atoms with van der Waals surface area (Å²) in [5.41, 5.74) is 6.58. The monoisotopic (exact) mass is 555 g/mol. The number of carbonyl (C=O) groups excluding carboxylic acids is 1. The van der Waals surface area contributed by atoms with Crippen LogP contribution in [0, 0.1) is 0 Å². The van der Waals surface area contributed by atoms with Gasteiger partial charge in [-0.05, 0) is 50.7 Å². The molecule has 12 heteroatoms. The number of carbonyl (C=O) groups is 1. The summed E-state index contributed by atoms with van der Waals surface area (Å²) in [4.78, 5) is 28.3. The van der Waals surface area contributed by atoms with Crippen LogP contribution in [-0.4, -0.2) is 69.4 Å². The number of nitrogens with zero attached hydrogens (tertiary/aromatic N) is 5. The van der Waals surface area contributed by atoms with Crippen LogP contribution in [0.15, 0.2) is 30.3 Å². The molecule has 1 saturated heterocycles. The highest BCUT2D eigenvalue weighted by Gasteiger charge is 2.38. The number of nitrogens with one attached hydrogen (secondary N) is 1. The summed E-state index contributed by atoms with van der Waals surface area (Å²) >= 11 is 0. The summed E-state index contributed by atoms with van der Waals surface area (Å²) in [6.45, 7) is 2.23. The Labute approximate surface area is 231 Å². The maximum atomic E-state index is 14.1. The standard InChI is InChI=1S/C28H35F2N7O3/c29-24(30)25-33-20-5-1-2-6-21(20)37(25)22-17-23(35-27(34-22)36-13-15-39-16-14-36)40-19-9-7-18(8-10-19)32-26(38)28(31)11-3-4-12-28/h1-2,5-6,17-19,24H,3-4,7-16,31H2,(H,32,38)/t18-,19-. The van der Waals surface area contributed by atoms with E-state index in [1.807, 2.05) is 4.90 Å². The average Bonchev–Trinajstić information content (AvgIpc) is 3.59. The molecule has 0 unspecified atom stereocenters. The van der Waals surface area contributed by atoms with E-state index >= 15 is 0 Å². The summed E-state index contributed by atoms with van der Waals surface area (Å²) in [7, 11) is 0. The molecule has 10 nitrogen and oxygen atoms in total. The minimum atomic E-state index is -2.79. The van der Waals surface area contributed by atoms with Crippen LogP contribution in [0.3, 0.4) is 0 Å². The van der Waals surface area contributed by atoms with E-state index in [2.05, 4.69) is 20.3 Å². The number of nitrogens with two attached hydrogens (primary N) is 1. The Balaban J connectivity index is 1.23. The Hall–Kier alpha value is -3.38. The second-order valence-electron chi connectivity index (χ2n) is 11.0. The van der Waals surface area contributed by atoms with Gasteiger partial charge in [-0.1, -0.05) is 25.0 Å². The number of amides is 1. The van der Waals surface area contributed by atoms with Gasteiger partial charge in [0.15, 0.2) is 5.82 Å². The maximum absolute atomic E-state index is 14.1. The molecule has 0 spiro atoms. The van der Waals surface area contributed by atoms with Crippen molar-refractivity contribution >= 4 is 22.9 Å². The number of fused-ring (bicyclic) bond motifs is 1. The second kappa shape index (κ2) is 11.2. The number of hydrogen-bond acceptors (Lipinski definition) is 8. The van der Waals surface area contributed by atoms with Gasteiger partial charge in [-0.3, -0.25) is 9.36 Å². The number of morpholine rings is 1. The first-order chi connectivity index (χ1) is 19.4. The summed E-state index contributed by atoms with van der Waals surface area (Å²) < 4.78 is 41.4. The van der Waals surface area contributed by atoms with Crippen molar-refractivity contribution in [1.82, 2.24) is 24.8 Å². The lowest BCUT2D eigenvalue weighted by atomic mass is 9.91. The molecule has 40 heavy (non-hydrogen) atoms. The van der Waals surface area contributed by atoms with Crippen LogP contribution in [-0.2, 0) is 9.53 Å². The summed E-state index contributed by atoms with van der Waals surface area (Å²) in [5.74, 6) is 0.576. The highest BCUT2D eigenvalue weighted by Crippen LogP contribution is 2.32. The molecule has 0 atom stereocenters. The second-order valence-corrected chi connectivity index (χ2v) is 11.0. The van der Waals surface area contributed by atoms with Gasteiger partial charge in [0.25, 0.3) is 6.43 Å². The number of anilines is 1. The van der Waals surface area contributed by atoms with Gasteiger partial charge in [-0.25, -0.2) is 13.8 Å². The molecule has 3 aliphatic rings. The fraction of sp³-hybridized carbons (Fsp3) is 0.571. The minimum Gasteiger partial charge on any atom is -0.474 e. The Morgan fingerprint density at radius 3 is 2.52 bits per heavy atom. The molecule has 1 aromatic carbocycles. The highest BCUT2D eigenvalue weighted by atomic mass is 19.3. The summed E-state index contributed by atoms with van der Waals surface area (Å²) in [5, 5.41) is 3.15. The van der Waals surface area contributed by atoms with Gasteiger partial charge in [-0.15, -0.1) is 0 Å². The third kappa shape index (κ3) is 5.46. The molecular formula is C28H35F2N7O3. The normalized spacial score (nSPS) is 23.1. The van der Waals surface area contributed by atoms with Crippen molar-refractivity contribution < 1.29 is 23.0 Å². The molecule has 2 saturated carbocycles. The van der Waals surface area contributed by atoms with E-state index in [1.165, 1.54) is 4.57 Å². The quantitative estimate of drug-likeness (QED) is 0.453. The predicted octanol–water partition coefficient (Wildman–Crippen LogP) is 3.67. The van der Waals surface area contributed by atoms with Crippen LogP contribution >= 0.6 is 0 Å². The molecule has 3 aromatic rings. The highest BCUT2D eigenvalue weighted by molar-refractivity contribution is 5.86. The zero-order valence-electron chi connectivity index (χ0n) is 22.4. The van der Waals surface area contributed by atoms with Crippen LogP contribution in [0.25, 0.3) is 16.9 Å².